The Morgan fingerprint density at radius 2 is 1.89 bits per heavy atom. The second-order valence-corrected chi connectivity index (χ2v) is 4.45. The molecule has 0 saturated carbocycles. The highest BCUT2D eigenvalue weighted by Crippen LogP contribution is 2.29. The predicted molar refractivity (Wildman–Crippen MR) is 78.2 cm³/mol. The van der Waals surface area contributed by atoms with E-state index in [1.54, 1.807) is 0 Å². The van der Waals surface area contributed by atoms with Gasteiger partial charge in [0.2, 0.25) is 0 Å². The Bertz CT molecular complexity index is 717. The van der Waals surface area contributed by atoms with Gasteiger partial charge in [0, 0.05) is 29.2 Å². The average Bonchev–Trinajstić information content (AvgIpc) is 2.45. The number of nitrogens with zero attached hydrogens (tertiary/aromatic N) is 1. The summed E-state index contributed by atoms with van der Waals surface area (Å²) in [5.74, 6) is 0. The van der Waals surface area contributed by atoms with Crippen molar-refractivity contribution >= 4 is 27.4 Å². The first kappa shape index (κ1) is 11.0. The third-order valence-electron chi connectivity index (χ3n) is 3.39. The van der Waals surface area contributed by atoms with Crippen LogP contribution in [0.4, 0.5) is 5.69 Å². The molecule has 90 valence electrons. The molecule has 0 amide bonds. The summed E-state index contributed by atoms with van der Waals surface area (Å²) in [5.41, 5.74) is 3.38. The zero-order chi connectivity index (χ0) is 12.5. The van der Waals surface area contributed by atoms with Gasteiger partial charge >= 0.3 is 0 Å². The number of hydrogen-bond donors (Lipinski definition) is 1. The second kappa shape index (κ2) is 4.30. The van der Waals surface area contributed by atoms with Crippen molar-refractivity contribution in [3.8, 4) is 0 Å². The maximum absolute atomic E-state index is 4.79. The number of nitrogens with one attached hydrogen (secondary N) is 1. The zero-order valence-corrected chi connectivity index (χ0v) is 10.7. The minimum absolute atomic E-state index is 0.952. The quantitative estimate of drug-likeness (QED) is 0.680. The Morgan fingerprint density at radius 1 is 1.06 bits per heavy atom. The number of fused-ring (bicyclic) bond motifs is 3. The van der Waals surface area contributed by atoms with Crippen LogP contribution in [0.15, 0.2) is 42.5 Å². The maximum atomic E-state index is 4.79. The van der Waals surface area contributed by atoms with Gasteiger partial charge in [-0.3, -0.25) is 4.98 Å². The molecule has 3 aromatic rings. The highest BCUT2D eigenvalue weighted by molar-refractivity contribution is 6.09. The van der Waals surface area contributed by atoms with Gasteiger partial charge in [-0.1, -0.05) is 43.3 Å². The Hall–Kier alpha value is -2.09. The zero-order valence-electron chi connectivity index (χ0n) is 10.7. The number of pyridine rings is 1. The lowest BCUT2D eigenvalue weighted by molar-refractivity contribution is 1.06. The fourth-order valence-corrected chi connectivity index (χ4v) is 2.40. The number of hydrogen-bond acceptors (Lipinski definition) is 2. The van der Waals surface area contributed by atoms with Crippen molar-refractivity contribution in [1.82, 2.24) is 4.98 Å². The summed E-state index contributed by atoms with van der Waals surface area (Å²) in [5, 5.41) is 6.92. The molecule has 0 aliphatic carbocycles. The van der Waals surface area contributed by atoms with E-state index in [1.165, 1.54) is 16.2 Å². The van der Waals surface area contributed by atoms with E-state index in [0.29, 0.717) is 0 Å². The van der Waals surface area contributed by atoms with Crippen LogP contribution in [0.2, 0.25) is 0 Å². The first-order valence-electron chi connectivity index (χ1n) is 6.32. The van der Waals surface area contributed by atoms with Gasteiger partial charge in [0.1, 0.15) is 0 Å². The molecule has 3 rings (SSSR count). The van der Waals surface area contributed by atoms with Crippen LogP contribution in [-0.4, -0.2) is 12.0 Å². The molecule has 0 unspecified atom stereocenters. The van der Waals surface area contributed by atoms with Crippen LogP contribution in [0.25, 0.3) is 21.7 Å². The fraction of sp³-hybridized carbons (Fsp3) is 0.188. The van der Waals surface area contributed by atoms with Crippen LogP contribution < -0.4 is 5.32 Å². The van der Waals surface area contributed by atoms with Crippen LogP contribution in [0.1, 0.15) is 12.6 Å². The highest BCUT2D eigenvalue weighted by Gasteiger charge is 2.07. The molecule has 1 heterocycles. The molecule has 0 atom stereocenters. The number of benzene rings is 2. The molecule has 0 spiro atoms. The van der Waals surface area contributed by atoms with Gasteiger partial charge in [0.15, 0.2) is 0 Å². The smallest absolute Gasteiger partial charge is 0.0804 e. The minimum Gasteiger partial charge on any atom is -0.388 e. The summed E-state index contributed by atoms with van der Waals surface area (Å²) < 4.78 is 0. The molecule has 0 radical (unpaired) electrons. The van der Waals surface area contributed by atoms with Crippen molar-refractivity contribution in [3.05, 3.63) is 48.2 Å². The van der Waals surface area contributed by atoms with Gasteiger partial charge < -0.3 is 5.32 Å². The monoisotopic (exact) mass is 236 g/mol. The van der Waals surface area contributed by atoms with Gasteiger partial charge in [-0.25, -0.2) is 0 Å². The van der Waals surface area contributed by atoms with Gasteiger partial charge in [-0.2, -0.15) is 0 Å². The summed E-state index contributed by atoms with van der Waals surface area (Å²) >= 11 is 0. The number of anilines is 1. The van der Waals surface area contributed by atoms with Crippen molar-refractivity contribution < 1.29 is 0 Å². The average molecular weight is 236 g/mol. The maximum Gasteiger partial charge on any atom is 0.0804 e. The number of aromatic nitrogens is 1. The lowest BCUT2D eigenvalue weighted by Gasteiger charge is -2.10. The number of rotatable bonds is 2. The molecule has 0 bridgehead atoms. The lowest BCUT2D eigenvalue weighted by Crippen LogP contribution is -1.96. The lowest BCUT2D eigenvalue weighted by atomic mass is 10.0. The first-order valence-corrected chi connectivity index (χ1v) is 6.32. The third kappa shape index (κ3) is 1.61. The number of aryl methyl sites for hydroxylation is 1. The van der Waals surface area contributed by atoms with Crippen molar-refractivity contribution in [1.29, 1.82) is 0 Å². The van der Waals surface area contributed by atoms with Crippen molar-refractivity contribution in [2.45, 2.75) is 13.3 Å². The molecule has 0 aliphatic rings. The molecule has 0 saturated heterocycles. The summed E-state index contributed by atoms with van der Waals surface area (Å²) in [4.78, 5) is 4.79. The molecule has 2 heteroatoms. The predicted octanol–water partition coefficient (Wildman–Crippen LogP) is 3.99. The van der Waals surface area contributed by atoms with E-state index in [-0.39, 0.29) is 0 Å². The molecule has 0 fully saturated rings. The summed E-state index contributed by atoms with van der Waals surface area (Å²) in [6.07, 6.45) is 0.952. The minimum atomic E-state index is 0.952. The van der Waals surface area contributed by atoms with Crippen molar-refractivity contribution in [2.24, 2.45) is 0 Å². The standard InChI is InChI=1S/C16H16N2/c1-3-12-10-15(17-2)14-9-8-11-6-4-5-7-13(11)16(14)18-12/h4-10H,3H2,1-2H3,(H,17,18). The Balaban J connectivity index is 2.48. The van der Waals surface area contributed by atoms with Gasteiger partial charge in [-0.05, 0) is 17.9 Å². The molecule has 1 N–H and O–H groups in total. The normalized spacial score (nSPS) is 11.0. The Labute approximate surface area is 107 Å². The molecule has 0 aliphatic heterocycles. The van der Waals surface area contributed by atoms with E-state index in [1.807, 2.05) is 7.05 Å². The first-order chi connectivity index (χ1) is 8.83. The topological polar surface area (TPSA) is 24.9 Å². The third-order valence-corrected chi connectivity index (χ3v) is 3.39. The van der Waals surface area contributed by atoms with E-state index in [4.69, 9.17) is 4.98 Å². The van der Waals surface area contributed by atoms with Crippen molar-refractivity contribution in [2.75, 3.05) is 12.4 Å². The van der Waals surface area contributed by atoms with Gasteiger partial charge in [0.05, 0.1) is 5.52 Å². The molecule has 2 nitrogen and oxygen atoms in total. The molecular weight excluding hydrogens is 220 g/mol. The van der Waals surface area contributed by atoms with E-state index < -0.39 is 0 Å². The van der Waals surface area contributed by atoms with Crippen LogP contribution in [0.3, 0.4) is 0 Å². The van der Waals surface area contributed by atoms with Crippen LogP contribution >= 0.6 is 0 Å². The molecule has 2 aromatic carbocycles. The van der Waals surface area contributed by atoms with E-state index in [2.05, 4.69) is 54.7 Å². The van der Waals surface area contributed by atoms with Crippen LogP contribution in [0, 0.1) is 0 Å². The van der Waals surface area contributed by atoms with Crippen LogP contribution in [0.5, 0.6) is 0 Å². The fourth-order valence-electron chi connectivity index (χ4n) is 2.40. The second-order valence-electron chi connectivity index (χ2n) is 4.45. The van der Waals surface area contributed by atoms with E-state index in [9.17, 15) is 0 Å². The summed E-state index contributed by atoms with van der Waals surface area (Å²) in [7, 11) is 1.96. The SMILES string of the molecule is CCc1cc(NC)c2ccc3ccccc3c2n1. The Kier molecular flexibility index (Phi) is 2.63. The van der Waals surface area contributed by atoms with Crippen molar-refractivity contribution in [3.63, 3.8) is 0 Å². The largest absolute Gasteiger partial charge is 0.388 e. The van der Waals surface area contributed by atoms with Crippen LogP contribution in [-0.2, 0) is 6.42 Å². The van der Waals surface area contributed by atoms with E-state index in [0.717, 1.165) is 23.3 Å². The Morgan fingerprint density at radius 3 is 2.67 bits per heavy atom. The van der Waals surface area contributed by atoms with Gasteiger partial charge in [0.25, 0.3) is 0 Å². The van der Waals surface area contributed by atoms with E-state index >= 15 is 0 Å². The molecular formula is C16H16N2. The highest BCUT2D eigenvalue weighted by atomic mass is 14.8. The summed E-state index contributed by atoms with van der Waals surface area (Å²) in [6, 6.07) is 14.9. The summed E-state index contributed by atoms with van der Waals surface area (Å²) in [6.45, 7) is 2.14. The van der Waals surface area contributed by atoms with Gasteiger partial charge in [-0.15, -0.1) is 0 Å². The molecule has 18 heavy (non-hydrogen) atoms. The molecule has 1 aromatic heterocycles.